The molecule has 1 heterocycles. The minimum absolute atomic E-state index is 0.0698. The first kappa shape index (κ1) is 15.8. The molecular weight excluding hydrogens is 314 g/mol. The molecule has 0 bridgehead atoms. The van der Waals surface area contributed by atoms with Gasteiger partial charge in [0.15, 0.2) is 0 Å². The van der Waals surface area contributed by atoms with Crippen molar-refractivity contribution in [1.82, 2.24) is 14.3 Å². The van der Waals surface area contributed by atoms with Gasteiger partial charge in [-0.15, -0.1) is 0 Å². The summed E-state index contributed by atoms with van der Waals surface area (Å²) in [6.45, 7) is 1.74. The van der Waals surface area contributed by atoms with Gasteiger partial charge in [0.2, 0.25) is 5.03 Å². The Morgan fingerprint density at radius 1 is 1.43 bits per heavy atom. The molecule has 0 fully saturated rings. The lowest BCUT2D eigenvalue weighted by molar-refractivity contribution is 0.413. The molecule has 1 aromatic carbocycles. The van der Waals surface area contributed by atoms with E-state index < -0.39 is 16.1 Å². The highest BCUT2D eigenvalue weighted by Crippen LogP contribution is 2.23. The molecule has 0 saturated carbocycles. The molecule has 1 aromatic heterocycles. The third kappa shape index (κ3) is 3.37. The number of methoxy groups -OCH3 is 1. The van der Waals surface area contributed by atoms with Crippen LogP contribution >= 0.6 is 11.6 Å². The third-order valence-corrected chi connectivity index (χ3v) is 5.04. The van der Waals surface area contributed by atoms with Crippen LogP contribution in [0, 0.1) is 0 Å². The van der Waals surface area contributed by atoms with Gasteiger partial charge in [-0.3, -0.25) is 0 Å². The summed E-state index contributed by atoms with van der Waals surface area (Å²) in [6, 6.07) is 6.74. The van der Waals surface area contributed by atoms with Crippen LogP contribution in [0.3, 0.4) is 0 Å². The number of rotatable bonds is 5. The molecule has 2 aromatic rings. The van der Waals surface area contributed by atoms with Crippen molar-refractivity contribution in [1.29, 1.82) is 0 Å². The maximum atomic E-state index is 12.3. The van der Waals surface area contributed by atoms with Crippen LogP contribution in [0.25, 0.3) is 0 Å². The number of aromatic nitrogens is 2. The minimum Gasteiger partial charge on any atom is -0.497 e. The number of imidazole rings is 1. The Bertz CT molecular complexity index is 743. The normalized spacial score (nSPS) is 13.1. The van der Waals surface area contributed by atoms with Crippen LogP contribution in [-0.2, 0) is 17.1 Å². The molecule has 1 atom stereocenters. The average molecular weight is 330 g/mol. The first-order valence-corrected chi connectivity index (χ1v) is 8.04. The molecule has 114 valence electrons. The zero-order valence-corrected chi connectivity index (χ0v) is 13.4. The van der Waals surface area contributed by atoms with Crippen molar-refractivity contribution in [3.63, 3.8) is 0 Å². The van der Waals surface area contributed by atoms with Gasteiger partial charge in [-0.1, -0.05) is 23.7 Å². The maximum absolute atomic E-state index is 12.3. The second-order valence-electron chi connectivity index (χ2n) is 4.57. The molecule has 0 radical (unpaired) electrons. The summed E-state index contributed by atoms with van der Waals surface area (Å²) in [5.74, 6) is 0.661. The first-order valence-electron chi connectivity index (χ1n) is 6.18. The lowest BCUT2D eigenvalue weighted by Crippen LogP contribution is -2.27. The van der Waals surface area contributed by atoms with E-state index in [9.17, 15) is 8.42 Å². The van der Waals surface area contributed by atoms with E-state index in [1.54, 1.807) is 39.3 Å². The highest BCUT2D eigenvalue weighted by atomic mass is 35.5. The number of halogens is 1. The lowest BCUT2D eigenvalue weighted by atomic mass is 10.1. The van der Waals surface area contributed by atoms with E-state index in [-0.39, 0.29) is 10.2 Å². The summed E-state index contributed by atoms with van der Waals surface area (Å²) in [5.41, 5.74) is 0.782. The van der Waals surface area contributed by atoms with Crippen molar-refractivity contribution in [2.75, 3.05) is 7.11 Å². The molecule has 8 heteroatoms. The molecule has 0 aliphatic rings. The molecule has 21 heavy (non-hydrogen) atoms. The molecule has 0 spiro atoms. The van der Waals surface area contributed by atoms with Crippen molar-refractivity contribution < 1.29 is 13.2 Å². The Hall–Kier alpha value is -1.57. The molecule has 0 amide bonds. The Morgan fingerprint density at radius 2 is 2.14 bits per heavy atom. The van der Waals surface area contributed by atoms with E-state index in [4.69, 9.17) is 16.3 Å². The predicted octanol–water partition coefficient (Wildman–Crippen LogP) is 2.12. The fourth-order valence-electron chi connectivity index (χ4n) is 1.84. The van der Waals surface area contributed by atoms with Crippen LogP contribution in [0.2, 0.25) is 5.15 Å². The number of hydrogen-bond acceptors (Lipinski definition) is 4. The quantitative estimate of drug-likeness (QED) is 0.912. The van der Waals surface area contributed by atoms with E-state index in [2.05, 4.69) is 9.71 Å². The lowest BCUT2D eigenvalue weighted by Gasteiger charge is -2.14. The van der Waals surface area contributed by atoms with E-state index in [0.717, 1.165) is 5.56 Å². The summed E-state index contributed by atoms with van der Waals surface area (Å²) in [7, 11) is -0.610. The summed E-state index contributed by atoms with van der Waals surface area (Å²) in [4.78, 5) is 3.82. The second kappa shape index (κ2) is 6.05. The van der Waals surface area contributed by atoms with Crippen LogP contribution in [0.4, 0.5) is 0 Å². The van der Waals surface area contributed by atoms with Gasteiger partial charge in [0.1, 0.15) is 10.9 Å². The highest BCUT2D eigenvalue weighted by Gasteiger charge is 2.24. The number of benzene rings is 1. The van der Waals surface area contributed by atoms with E-state index in [1.807, 2.05) is 6.07 Å². The predicted molar refractivity (Wildman–Crippen MR) is 79.9 cm³/mol. The van der Waals surface area contributed by atoms with Crippen molar-refractivity contribution in [3.05, 3.63) is 41.3 Å². The Kier molecular flexibility index (Phi) is 4.55. The second-order valence-corrected chi connectivity index (χ2v) is 6.56. The highest BCUT2D eigenvalue weighted by molar-refractivity contribution is 7.89. The zero-order valence-electron chi connectivity index (χ0n) is 11.9. The number of sulfonamides is 1. The van der Waals surface area contributed by atoms with Gasteiger partial charge in [0.25, 0.3) is 10.0 Å². The van der Waals surface area contributed by atoms with Gasteiger partial charge in [-0.05, 0) is 24.6 Å². The summed E-state index contributed by atoms with van der Waals surface area (Å²) in [5, 5.41) is -0.109. The summed E-state index contributed by atoms with van der Waals surface area (Å²) >= 11 is 5.93. The van der Waals surface area contributed by atoms with Gasteiger partial charge in [-0.25, -0.2) is 18.1 Å². The van der Waals surface area contributed by atoms with E-state index >= 15 is 0 Å². The minimum atomic E-state index is -3.79. The number of nitrogens with zero attached hydrogens (tertiary/aromatic N) is 2. The van der Waals surface area contributed by atoms with Crippen LogP contribution in [0.1, 0.15) is 18.5 Å². The van der Waals surface area contributed by atoms with Gasteiger partial charge >= 0.3 is 0 Å². The molecule has 2 rings (SSSR count). The molecular formula is C13H16ClN3O3S. The molecule has 1 N–H and O–H groups in total. The van der Waals surface area contributed by atoms with Gasteiger partial charge in [0.05, 0.1) is 13.4 Å². The van der Waals surface area contributed by atoms with E-state index in [0.29, 0.717) is 5.75 Å². The van der Waals surface area contributed by atoms with E-state index in [1.165, 1.54) is 10.9 Å². The van der Waals surface area contributed by atoms with Gasteiger partial charge in [-0.2, -0.15) is 0 Å². The smallest absolute Gasteiger partial charge is 0.261 e. The largest absolute Gasteiger partial charge is 0.497 e. The maximum Gasteiger partial charge on any atom is 0.261 e. The SMILES string of the molecule is COc1cccc(C(C)NS(=O)(=O)c2ncn(C)c2Cl)c1. The van der Waals surface area contributed by atoms with Crippen molar-refractivity contribution in [2.45, 2.75) is 18.0 Å². The zero-order chi connectivity index (χ0) is 15.6. The monoisotopic (exact) mass is 329 g/mol. The fraction of sp³-hybridized carbons (Fsp3) is 0.308. The average Bonchev–Trinajstić information content (AvgIpc) is 2.79. The molecule has 0 aliphatic heterocycles. The Morgan fingerprint density at radius 3 is 2.71 bits per heavy atom. The van der Waals surface area contributed by atoms with Crippen molar-refractivity contribution in [2.24, 2.45) is 7.05 Å². The summed E-state index contributed by atoms with van der Waals surface area (Å²) < 4.78 is 33.7. The van der Waals surface area contributed by atoms with Crippen LogP contribution in [0.15, 0.2) is 35.6 Å². The molecule has 1 unspecified atom stereocenters. The standard InChI is InChI=1S/C13H16ClN3O3S/c1-9(10-5-4-6-11(7-10)20-3)16-21(18,19)13-12(14)17(2)8-15-13/h4-9,16H,1-3H3. The fourth-order valence-corrected chi connectivity index (χ4v) is 3.50. The van der Waals surface area contributed by atoms with Crippen molar-refractivity contribution >= 4 is 21.6 Å². The number of nitrogens with one attached hydrogen (secondary N) is 1. The molecule has 0 aliphatic carbocycles. The molecule has 0 saturated heterocycles. The van der Waals surface area contributed by atoms with Crippen LogP contribution in [-0.4, -0.2) is 25.1 Å². The Balaban J connectivity index is 2.25. The topological polar surface area (TPSA) is 73.2 Å². The number of aryl methyl sites for hydroxylation is 1. The summed E-state index contributed by atoms with van der Waals surface area (Å²) in [6.07, 6.45) is 1.35. The van der Waals surface area contributed by atoms with Gasteiger partial charge < -0.3 is 9.30 Å². The third-order valence-electron chi connectivity index (χ3n) is 3.01. The number of ether oxygens (including phenoxy) is 1. The Labute approximate surface area is 128 Å². The van der Waals surface area contributed by atoms with Crippen LogP contribution in [0.5, 0.6) is 5.75 Å². The van der Waals surface area contributed by atoms with Crippen molar-refractivity contribution in [3.8, 4) is 5.75 Å². The van der Waals surface area contributed by atoms with Crippen LogP contribution < -0.4 is 9.46 Å². The first-order chi connectivity index (χ1) is 9.85. The van der Waals surface area contributed by atoms with Gasteiger partial charge in [0, 0.05) is 13.1 Å². The number of hydrogen-bond donors (Lipinski definition) is 1. The molecule has 6 nitrogen and oxygen atoms in total.